The van der Waals surface area contributed by atoms with E-state index in [9.17, 15) is 27.9 Å². The quantitative estimate of drug-likeness (QED) is 0.281. The molecule has 2 aromatic rings. The monoisotopic (exact) mass is 717 g/mol. The standard InChI is InChI=1S/C39H51F4N3O5/c1-37(2)15-11-29(12-16-37)46-22-33(25-5-8-30(51-4)9-6-25)38(40,24-46)36(49)45-20-27(23-50-3)32(21-45)31-10-7-28(39(41,42)43)19-34(31)44-17-13-26(14-18-44)35(47)48/h5-10,19,26-27,29,32-33H,11-18,20-24H2,1-4H3,(H,47,48)/t27-,32+,33+,38+/m1/s1. The van der Waals surface area contributed by atoms with E-state index in [1.807, 2.05) is 17.0 Å². The maximum atomic E-state index is 17.9. The Kier molecular flexibility index (Phi) is 10.7. The van der Waals surface area contributed by atoms with E-state index in [1.165, 1.54) is 6.07 Å². The van der Waals surface area contributed by atoms with Gasteiger partial charge in [0, 0.05) is 75.9 Å². The van der Waals surface area contributed by atoms with E-state index in [1.54, 1.807) is 31.3 Å². The summed E-state index contributed by atoms with van der Waals surface area (Å²) in [5.41, 5.74) is -1.03. The molecular formula is C39H51F4N3O5. The molecule has 1 aliphatic carbocycles. The van der Waals surface area contributed by atoms with E-state index >= 15 is 4.39 Å². The molecule has 12 heteroatoms. The third kappa shape index (κ3) is 7.72. The topological polar surface area (TPSA) is 82.6 Å². The second-order valence-electron chi connectivity index (χ2n) is 15.9. The van der Waals surface area contributed by atoms with Gasteiger partial charge in [-0.05, 0) is 79.3 Å². The fraction of sp³-hybridized carbons (Fsp3) is 0.641. The summed E-state index contributed by atoms with van der Waals surface area (Å²) in [7, 11) is 3.11. The van der Waals surface area contributed by atoms with Gasteiger partial charge in [-0.15, -0.1) is 0 Å². The maximum Gasteiger partial charge on any atom is 0.416 e. The van der Waals surface area contributed by atoms with Crippen LogP contribution in [0.5, 0.6) is 5.75 Å². The number of aliphatic carboxylic acids is 1. The average Bonchev–Trinajstić information content (AvgIpc) is 3.69. The molecular weight excluding hydrogens is 666 g/mol. The Morgan fingerprint density at radius 2 is 1.61 bits per heavy atom. The van der Waals surface area contributed by atoms with Gasteiger partial charge in [-0.1, -0.05) is 32.0 Å². The van der Waals surface area contributed by atoms with E-state index in [-0.39, 0.29) is 43.6 Å². The van der Waals surface area contributed by atoms with Crippen LogP contribution in [-0.2, 0) is 20.5 Å². The number of carbonyl (C=O) groups is 2. The molecule has 4 aliphatic rings. The number of carbonyl (C=O) groups excluding carboxylic acids is 1. The smallest absolute Gasteiger partial charge is 0.416 e. The minimum Gasteiger partial charge on any atom is -0.497 e. The van der Waals surface area contributed by atoms with E-state index < -0.39 is 47.0 Å². The van der Waals surface area contributed by atoms with Crippen LogP contribution in [0.1, 0.15) is 80.9 Å². The lowest BCUT2D eigenvalue weighted by Crippen LogP contribution is -2.50. The number of nitrogens with zero attached hydrogens (tertiary/aromatic N) is 3. The van der Waals surface area contributed by atoms with Crippen molar-refractivity contribution >= 4 is 17.6 Å². The number of likely N-dealkylation sites (tertiary alicyclic amines) is 2. The van der Waals surface area contributed by atoms with Crippen molar-refractivity contribution in [3.8, 4) is 5.75 Å². The minimum atomic E-state index is -4.57. The lowest BCUT2D eigenvalue weighted by molar-refractivity contribution is -0.143. The third-order valence-electron chi connectivity index (χ3n) is 12.2. The van der Waals surface area contributed by atoms with Gasteiger partial charge in [0.1, 0.15) is 5.75 Å². The van der Waals surface area contributed by atoms with Gasteiger partial charge in [0.25, 0.3) is 5.91 Å². The van der Waals surface area contributed by atoms with Gasteiger partial charge >= 0.3 is 12.1 Å². The van der Waals surface area contributed by atoms with Gasteiger partial charge < -0.3 is 24.4 Å². The van der Waals surface area contributed by atoms with Gasteiger partial charge in [0.05, 0.1) is 25.2 Å². The summed E-state index contributed by atoms with van der Waals surface area (Å²) in [6.45, 7) is 6.07. The lowest BCUT2D eigenvalue weighted by atomic mass is 9.75. The van der Waals surface area contributed by atoms with Gasteiger partial charge in [-0.25, -0.2) is 4.39 Å². The Morgan fingerprint density at radius 1 is 0.941 bits per heavy atom. The molecule has 0 bridgehead atoms. The fourth-order valence-electron chi connectivity index (χ4n) is 9.01. The van der Waals surface area contributed by atoms with Crippen LogP contribution in [0.3, 0.4) is 0 Å². The molecule has 0 spiro atoms. The largest absolute Gasteiger partial charge is 0.497 e. The number of piperidine rings is 1. The van der Waals surface area contributed by atoms with Gasteiger partial charge in [0.15, 0.2) is 0 Å². The molecule has 4 fully saturated rings. The first kappa shape index (κ1) is 37.4. The summed E-state index contributed by atoms with van der Waals surface area (Å²) in [5, 5.41) is 9.53. The van der Waals surface area contributed by atoms with E-state index in [0.717, 1.165) is 43.4 Å². The fourth-order valence-corrected chi connectivity index (χ4v) is 9.01. The predicted octanol–water partition coefficient (Wildman–Crippen LogP) is 6.98. The molecule has 2 aromatic carbocycles. The number of halogens is 4. The molecule has 1 amide bonds. The Morgan fingerprint density at radius 3 is 2.20 bits per heavy atom. The number of benzene rings is 2. The third-order valence-corrected chi connectivity index (χ3v) is 12.2. The molecule has 4 atom stereocenters. The van der Waals surface area contributed by atoms with Gasteiger partial charge in [-0.2, -0.15) is 13.2 Å². The van der Waals surface area contributed by atoms with Crippen molar-refractivity contribution in [1.82, 2.24) is 9.80 Å². The van der Waals surface area contributed by atoms with Crippen LogP contribution in [-0.4, -0.2) is 98.6 Å². The van der Waals surface area contributed by atoms with Crippen molar-refractivity contribution in [2.45, 2.75) is 82.1 Å². The highest BCUT2D eigenvalue weighted by atomic mass is 19.4. The first-order valence-electron chi connectivity index (χ1n) is 18.2. The van der Waals surface area contributed by atoms with Gasteiger partial charge in [0.2, 0.25) is 5.67 Å². The average molecular weight is 718 g/mol. The number of carboxylic acid groups (broad SMARTS) is 1. The van der Waals surface area contributed by atoms with Crippen molar-refractivity contribution in [2.24, 2.45) is 17.3 Å². The van der Waals surface area contributed by atoms with E-state index in [0.29, 0.717) is 49.5 Å². The molecule has 3 heterocycles. The molecule has 0 radical (unpaired) electrons. The van der Waals surface area contributed by atoms with Crippen molar-refractivity contribution in [3.63, 3.8) is 0 Å². The number of ether oxygens (including phenoxy) is 2. The summed E-state index contributed by atoms with van der Waals surface area (Å²) in [6.07, 6.45) is -0.00385. The molecule has 280 valence electrons. The van der Waals surface area contributed by atoms with Crippen molar-refractivity contribution in [1.29, 1.82) is 0 Å². The molecule has 6 rings (SSSR count). The van der Waals surface area contributed by atoms with Crippen molar-refractivity contribution < 1.29 is 41.7 Å². The SMILES string of the molecule is COC[C@H]1CN(C(=O)[C@]2(F)CN(C3CCC(C)(C)CC3)C[C@H]2c2ccc(OC)cc2)C[C@@H]1c1ccc(C(F)(F)F)cc1N1CCC(C(=O)O)CC1. The lowest BCUT2D eigenvalue weighted by Gasteiger charge is -2.38. The highest BCUT2D eigenvalue weighted by Crippen LogP contribution is 2.48. The summed E-state index contributed by atoms with van der Waals surface area (Å²) >= 11 is 0. The van der Waals surface area contributed by atoms with Crippen molar-refractivity contribution in [3.05, 3.63) is 59.2 Å². The number of alkyl halides is 4. The van der Waals surface area contributed by atoms with E-state index in [2.05, 4.69) is 18.7 Å². The number of hydrogen-bond acceptors (Lipinski definition) is 6. The first-order chi connectivity index (χ1) is 24.1. The van der Waals surface area contributed by atoms with Crippen LogP contribution in [0.2, 0.25) is 0 Å². The van der Waals surface area contributed by atoms with E-state index in [4.69, 9.17) is 9.47 Å². The zero-order chi connectivity index (χ0) is 36.7. The van der Waals surface area contributed by atoms with Gasteiger partial charge in [-0.3, -0.25) is 14.5 Å². The predicted molar refractivity (Wildman–Crippen MR) is 186 cm³/mol. The van der Waals surface area contributed by atoms with Crippen LogP contribution >= 0.6 is 0 Å². The Bertz CT molecular complexity index is 1550. The number of methoxy groups -OCH3 is 2. The van der Waals surface area contributed by atoms with Crippen molar-refractivity contribution in [2.75, 3.05) is 65.0 Å². The molecule has 8 nitrogen and oxygen atoms in total. The van der Waals surface area contributed by atoms with Crippen LogP contribution in [0.15, 0.2) is 42.5 Å². The second-order valence-corrected chi connectivity index (χ2v) is 15.9. The summed E-state index contributed by atoms with van der Waals surface area (Å²) < 4.78 is 70.8. The molecule has 3 aliphatic heterocycles. The molecule has 0 aromatic heterocycles. The summed E-state index contributed by atoms with van der Waals surface area (Å²) in [4.78, 5) is 31.8. The minimum absolute atomic E-state index is 0.0201. The van der Waals surface area contributed by atoms with Crippen LogP contribution in [0.25, 0.3) is 0 Å². The highest BCUT2D eigenvalue weighted by molar-refractivity contribution is 5.88. The normalized spacial score (nSPS) is 28.0. The Labute approximate surface area is 298 Å². The maximum absolute atomic E-state index is 17.9. The van der Waals surface area contributed by atoms with Crippen LogP contribution in [0, 0.1) is 17.3 Å². The first-order valence-corrected chi connectivity index (χ1v) is 18.2. The zero-order valence-corrected chi connectivity index (χ0v) is 30.1. The molecule has 1 saturated carbocycles. The highest BCUT2D eigenvalue weighted by Gasteiger charge is 2.57. The Balaban J connectivity index is 1.31. The molecule has 0 unspecified atom stereocenters. The second kappa shape index (κ2) is 14.6. The molecule has 51 heavy (non-hydrogen) atoms. The number of carboxylic acids is 1. The number of amides is 1. The molecule has 3 saturated heterocycles. The Hall–Kier alpha value is -3.38. The van der Waals surface area contributed by atoms with Crippen LogP contribution in [0.4, 0.5) is 23.2 Å². The number of anilines is 1. The summed E-state index contributed by atoms with van der Waals surface area (Å²) in [6, 6.07) is 11.1. The number of rotatable bonds is 9. The number of hydrogen-bond donors (Lipinski definition) is 1. The van der Waals surface area contributed by atoms with Crippen LogP contribution < -0.4 is 9.64 Å². The molecule has 1 N–H and O–H groups in total. The summed E-state index contributed by atoms with van der Waals surface area (Å²) in [5.74, 6) is -2.82. The zero-order valence-electron chi connectivity index (χ0n) is 30.1.